The van der Waals surface area contributed by atoms with Gasteiger partial charge in [-0.15, -0.1) is 0 Å². The molecule has 2 atom stereocenters. The van der Waals surface area contributed by atoms with E-state index in [-0.39, 0.29) is 6.04 Å². The molecule has 5 nitrogen and oxygen atoms in total. The highest BCUT2D eigenvalue weighted by molar-refractivity contribution is 7.90. The zero-order valence-electron chi connectivity index (χ0n) is 19.1. The Labute approximate surface area is 183 Å². The van der Waals surface area contributed by atoms with Crippen molar-refractivity contribution in [3.63, 3.8) is 0 Å². The lowest BCUT2D eigenvalue weighted by molar-refractivity contribution is -0.113. The molecule has 0 N–H and O–H groups in total. The van der Waals surface area contributed by atoms with Crippen LogP contribution in [0.5, 0.6) is 0 Å². The van der Waals surface area contributed by atoms with Gasteiger partial charge in [0.2, 0.25) is 0 Å². The molecule has 1 heterocycles. The van der Waals surface area contributed by atoms with Gasteiger partial charge in [-0.25, -0.2) is 8.42 Å². The second-order valence-corrected chi connectivity index (χ2v) is 10.8. The standard InChI is InChI=1S/C24H40N2O3S/c1-4-25(21(2)19-22-12-14-24(15-13-22)30(3,28)29)16-9-10-18-26-17-8-6-5-7-11-23(26)20-27/h12-15,20-21,23H,4-11,16-19H2,1-3H3. The fourth-order valence-electron chi connectivity index (χ4n) is 4.46. The summed E-state index contributed by atoms with van der Waals surface area (Å²) in [7, 11) is -3.14. The van der Waals surface area contributed by atoms with E-state index in [1.54, 1.807) is 12.1 Å². The Kier molecular flexibility index (Phi) is 10.5. The van der Waals surface area contributed by atoms with E-state index in [4.69, 9.17) is 0 Å². The van der Waals surface area contributed by atoms with Crippen LogP contribution < -0.4 is 0 Å². The van der Waals surface area contributed by atoms with E-state index in [9.17, 15) is 13.2 Å². The Morgan fingerprint density at radius 2 is 1.83 bits per heavy atom. The monoisotopic (exact) mass is 436 g/mol. The summed E-state index contributed by atoms with van der Waals surface area (Å²) in [5.74, 6) is 0. The smallest absolute Gasteiger partial charge is 0.175 e. The van der Waals surface area contributed by atoms with E-state index in [0.717, 1.165) is 58.1 Å². The molecular weight excluding hydrogens is 396 g/mol. The van der Waals surface area contributed by atoms with E-state index in [1.165, 1.54) is 37.5 Å². The molecule has 0 aromatic heterocycles. The first-order valence-corrected chi connectivity index (χ1v) is 13.5. The molecule has 170 valence electrons. The zero-order chi connectivity index (χ0) is 22.0. The average molecular weight is 437 g/mol. The largest absolute Gasteiger partial charge is 0.302 e. The fraction of sp³-hybridized carbons (Fsp3) is 0.708. The highest BCUT2D eigenvalue weighted by Gasteiger charge is 2.19. The minimum atomic E-state index is -3.14. The Morgan fingerprint density at radius 3 is 2.47 bits per heavy atom. The molecule has 2 rings (SSSR count). The molecular formula is C24H40N2O3S. The lowest BCUT2D eigenvalue weighted by Gasteiger charge is -2.31. The number of carbonyl (C=O) groups excluding carboxylic acids is 1. The minimum absolute atomic E-state index is 0.112. The lowest BCUT2D eigenvalue weighted by Crippen LogP contribution is -2.39. The van der Waals surface area contributed by atoms with E-state index >= 15 is 0 Å². The molecule has 1 saturated heterocycles. The van der Waals surface area contributed by atoms with E-state index in [0.29, 0.717) is 10.9 Å². The first kappa shape index (κ1) is 25.0. The molecule has 1 fully saturated rings. The molecule has 0 spiro atoms. The van der Waals surface area contributed by atoms with Gasteiger partial charge in [-0.2, -0.15) is 0 Å². The van der Waals surface area contributed by atoms with Crippen molar-refractivity contribution < 1.29 is 13.2 Å². The molecule has 0 amide bonds. The maximum atomic E-state index is 11.6. The van der Waals surface area contributed by atoms with Crippen LogP contribution >= 0.6 is 0 Å². The van der Waals surface area contributed by atoms with Crippen LogP contribution in [0.15, 0.2) is 29.2 Å². The van der Waals surface area contributed by atoms with E-state index in [2.05, 4.69) is 23.6 Å². The van der Waals surface area contributed by atoms with Crippen molar-refractivity contribution in [3.8, 4) is 0 Å². The van der Waals surface area contributed by atoms with Gasteiger partial charge in [-0.1, -0.05) is 38.3 Å². The van der Waals surface area contributed by atoms with Crippen LogP contribution in [-0.4, -0.2) is 69.0 Å². The molecule has 1 aliphatic heterocycles. The van der Waals surface area contributed by atoms with Crippen LogP contribution in [-0.2, 0) is 21.1 Å². The molecule has 0 radical (unpaired) electrons. The van der Waals surface area contributed by atoms with E-state index < -0.39 is 9.84 Å². The number of carbonyl (C=O) groups is 1. The van der Waals surface area contributed by atoms with Gasteiger partial charge in [0, 0.05) is 12.3 Å². The number of aldehydes is 1. The van der Waals surface area contributed by atoms with Crippen LogP contribution in [0.1, 0.15) is 64.4 Å². The SMILES string of the molecule is CCN(CCCCN1CCCCCCC1C=O)C(C)Cc1ccc(S(C)(=O)=O)cc1. The predicted octanol–water partition coefficient (Wildman–Crippen LogP) is 3.96. The molecule has 0 saturated carbocycles. The Hall–Kier alpha value is -1.24. The molecule has 30 heavy (non-hydrogen) atoms. The molecule has 1 aromatic carbocycles. The minimum Gasteiger partial charge on any atom is -0.302 e. The number of nitrogens with zero attached hydrogens (tertiary/aromatic N) is 2. The zero-order valence-corrected chi connectivity index (χ0v) is 19.9. The third-order valence-electron chi connectivity index (χ3n) is 6.37. The van der Waals surface area contributed by atoms with Gasteiger partial charge in [0.25, 0.3) is 0 Å². The first-order valence-electron chi connectivity index (χ1n) is 11.6. The summed E-state index contributed by atoms with van der Waals surface area (Å²) in [6.07, 6.45) is 11.5. The topological polar surface area (TPSA) is 57.7 Å². The van der Waals surface area contributed by atoms with Crippen LogP contribution in [0.25, 0.3) is 0 Å². The van der Waals surface area contributed by atoms with Gasteiger partial charge < -0.3 is 9.69 Å². The second-order valence-electron chi connectivity index (χ2n) is 8.75. The number of sulfone groups is 1. The van der Waals surface area contributed by atoms with Crippen molar-refractivity contribution in [2.45, 2.75) is 82.2 Å². The van der Waals surface area contributed by atoms with Crippen LogP contribution in [0.3, 0.4) is 0 Å². The normalized spacial score (nSPS) is 19.9. The van der Waals surface area contributed by atoms with E-state index in [1.807, 2.05) is 12.1 Å². The number of likely N-dealkylation sites (N-methyl/N-ethyl adjacent to an activating group) is 1. The quantitative estimate of drug-likeness (QED) is 0.388. The maximum absolute atomic E-state index is 11.6. The third kappa shape index (κ3) is 8.12. The summed E-state index contributed by atoms with van der Waals surface area (Å²) in [6.45, 7) is 8.57. The predicted molar refractivity (Wildman–Crippen MR) is 124 cm³/mol. The third-order valence-corrected chi connectivity index (χ3v) is 7.50. The maximum Gasteiger partial charge on any atom is 0.175 e. The fourth-order valence-corrected chi connectivity index (χ4v) is 5.10. The average Bonchev–Trinajstić information content (AvgIpc) is 2.69. The molecule has 6 heteroatoms. The van der Waals surface area contributed by atoms with Crippen molar-refractivity contribution in [2.24, 2.45) is 0 Å². The van der Waals surface area contributed by atoms with Crippen molar-refractivity contribution in [1.82, 2.24) is 9.80 Å². The summed E-state index contributed by atoms with van der Waals surface area (Å²) in [6, 6.07) is 7.80. The summed E-state index contributed by atoms with van der Waals surface area (Å²) in [5, 5.41) is 0. The van der Waals surface area contributed by atoms with Crippen molar-refractivity contribution in [3.05, 3.63) is 29.8 Å². The summed E-state index contributed by atoms with van der Waals surface area (Å²) in [4.78, 5) is 16.8. The number of hydrogen-bond donors (Lipinski definition) is 0. The number of hydrogen-bond acceptors (Lipinski definition) is 5. The van der Waals surface area contributed by atoms with Crippen molar-refractivity contribution >= 4 is 16.1 Å². The second kappa shape index (κ2) is 12.6. The number of benzene rings is 1. The number of likely N-dealkylation sites (tertiary alicyclic amines) is 1. The van der Waals surface area contributed by atoms with Gasteiger partial charge in [0.05, 0.1) is 10.9 Å². The van der Waals surface area contributed by atoms with Crippen molar-refractivity contribution in [1.29, 1.82) is 0 Å². The summed E-state index contributed by atoms with van der Waals surface area (Å²) in [5.41, 5.74) is 1.17. The first-order chi connectivity index (χ1) is 14.3. The van der Waals surface area contributed by atoms with Gasteiger partial charge in [-0.3, -0.25) is 4.90 Å². The lowest BCUT2D eigenvalue weighted by atomic mass is 10.0. The summed E-state index contributed by atoms with van der Waals surface area (Å²) >= 11 is 0. The van der Waals surface area contributed by atoms with Crippen LogP contribution in [0.4, 0.5) is 0 Å². The summed E-state index contributed by atoms with van der Waals surface area (Å²) < 4.78 is 23.3. The number of rotatable bonds is 11. The Bertz CT molecular complexity index is 733. The van der Waals surface area contributed by atoms with Gasteiger partial charge in [0.15, 0.2) is 9.84 Å². The molecule has 2 unspecified atom stereocenters. The van der Waals surface area contributed by atoms with Crippen LogP contribution in [0.2, 0.25) is 0 Å². The highest BCUT2D eigenvalue weighted by Crippen LogP contribution is 2.17. The van der Waals surface area contributed by atoms with Gasteiger partial charge >= 0.3 is 0 Å². The molecule has 1 aromatic rings. The molecule has 0 bridgehead atoms. The molecule has 1 aliphatic rings. The van der Waals surface area contributed by atoms with Crippen molar-refractivity contribution in [2.75, 3.05) is 32.4 Å². The van der Waals surface area contributed by atoms with Gasteiger partial charge in [0.1, 0.15) is 6.29 Å². The Morgan fingerprint density at radius 1 is 1.13 bits per heavy atom. The Balaban J connectivity index is 1.79. The van der Waals surface area contributed by atoms with Crippen LogP contribution in [0, 0.1) is 0 Å². The highest BCUT2D eigenvalue weighted by atomic mass is 32.2. The van der Waals surface area contributed by atoms with Gasteiger partial charge in [-0.05, 0) is 82.9 Å². The molecule has 0 aliphatic carbocycles. The number of unbranched alkanes of at least 4 members (excludes halogenated alkanes) is 1.